The van der Waals surface area contributed by atoms with Crippen LogP contribution in [0.2, 0.25) is 0 Å². The van der Waals surface area contributed by atoms with E-state index in [1.54, 1.807) is 7.11 Å². The van der Waals surface area contributed by atoms with Crippen molar-refractivity contribution in [1.82, 2.24) is 15.1 Å². The zero-order chi connectivity index (χ0) is 14.4. The Bertz CT molecular complexity index is 530. The molecule has 0 aliphatic carbocycles. The quantitative estimate of drug-likeness (QED) is 0.805. The van der Waals surface area contributed by atoms with Gasteiger partial charge >= 0.3 is 0 Å². The number of hydrogen-bond acceptors (Lipinski definition) is 3. The average Bonchev–Trinajstić information content (AvgIpc) is 2.83. The van der Waals surface area contributed by atoms with Crippen molar-refractivity contribution in [2.45, 2.75) is 45.8 Å². The molecule has 0 bridgehead atoms. The first-order valence-electron chi connectivity index (χ1n) is 7.46. The second kappa shape index (κ2) is 7.41. The molecule has 0 fully saturated rings. The van der Waals surface area contributed by atoms with Gasteiger partial charge in [0.2, 0.25) is 0 Å². The van der Waals surface area contributed by atoms with Crippen molar-refractivity contribution in [3.63, 3.8) is 0 Å². The van der Waals surface area contributed by atoms with Crippen molar-refractivity contribution in [1.29, 1.82) is 0 Å². The molecule has 2 aromatic rings. The van der Waals surface area contributed by atoms with Crippen LogP contribution in [0, 0.1) is 0 Å². The third kappa shape index (κ3) is 3.38. The molecule has 0 amide bonds. The molecular weight excluding hydrogens is 250 g/mol. The minimum atomic E-state index is 0.399. The van der Waals surface area contributed by atoms with E-state index in [1.165, 1.54) is 10.9 Å². The number of nitrogens with one attached hydrogen (secondary N) is 1. The Morgan fingerprint density at radius 3 is 2.80 bits per heavy atom. The summed E-state index contributed by atoms with van der Waals surface area (Å²) in [6.07, 6.45) is 2.28. The molecule has 1 atom stereocenters. The lowest BCUT2D eigenvalue weighted by Crippen LogP contribution is -2.32. The van der Waals surface area contributed by atoms with Gasteiger partial charge in [0, 0.05) is 31.6 Å². The zero-order valence-corrected chi connectivity index (χ0v) is 12.7. The van der Waals surface area contributed by atoms with E-state index in [0.29, 0.717) is 6.04 Å². The van der Waals surface area contributed by atoms with Crippen LogP contribution < -0.4 is 5.32 Å². The SMILES string of the molecule is CCCC(COC)NCc1nn(CC)c2ccccc12. The highest BCUT2D eigenvalue weighted by Crippen LogP contribution is 2.18. The highest BCUT2D eigenvalue weighted by Gasteiger charge is 2.11. The van der Waals surface area contributed by atoms with Gasteiger partial charge in [-0.1, -0.05) is 31.5 Å². The van der Waals surface area contributed by atoms with Gasteiger partial charge in [-0.15, -0.1) is 0 Å². The van der Waals surface area contributed by atoms with Crippen LogP contribution in [0.15, 0.2) is 24.3 Å². The van der Waals surface area contributed by atoms with E-state index in [4.69, 9.17) is 9.84 Å². The van der Waals surface area contributed by atoms with E-state index in [1.807, 2.05) is 0 Å². The molecule has 1 unspecified atom stereocenters. The predicted octanol–water partition coefficient (Wildman–Crippen LogP) is 2.96. The molecular formula is C16H25N3O. The van der Waals surface area contributed by atoms with E-state index in [9.17, 15) is 0 Å². The number of nitrogens with zero attached hydrogens (tertiary/aromatic N) is 2. The summed E-state index contributed by atoms with van der Waals surface area (Å²) in [4.78, 5) is 0. The molecule has 0 aliphatic rings. The topological polar surface area (TPSA) is 39.1 Å². The fraction of sp³-hybridized carbons (Fsp3) is 0.562. The number of methoxy groups -OCH3 is 1. The lowest BCUT2D eigenvalue weighted by atomic mass is 10.1. The van der Waals surface area contributed by atoms with Gasteiger partial charge in [0.1, 0.15) is 0 Å². The molecule has 0 aliphatic heterocycles. The first kappa shape index (κ1) is 15.0. The van der Waals surface area contributed by atoms with Crippen LogP contribution in [0.5, 0.6) is 0 Å². The second-order valence-corrected chi connectivity index (χ2v) is 5.10. The third-order valence-corrected chi connectivity index (χ3v) is 3.60. The number of benzene rings is 1. The number of hydrogen-bond donors (Lipinski definition) is 1. The minimum absolute atomic E-state index is 0.399. The fourth-order valence-corrected chi connectivity index (χ4v) is 2.60. The molecule has 1 heterocycles. The molecule has 20 heavy (non-hydrogen) atoms. The molecule has 1 aromatic heterocycles. The lowest BCUT2D eigenvalue weighted by molar-refractivity contribution is 0.161. The average molecular weight is 275 g/mol. The van der Waals surface area contributed by atoms with Crippen LogP contribution in [0.25, 0.3) is 10.9 Å². The Morgan fingerprint density at radius 2 is 2.10 bits per heavy atom. The maximum Gasteiger partial charge on any atom is 0.0841 e. The Hall–Kier alpha value is -1.39. The number of aromatic nitrogens is 2. The molecule has 2 rings (SSSR count). The molecule has 0 spiro atoms. The highest BCUT2D eigenvalue weighted by molar-refractivity contribution is 5.81. The normalized spacial score (nSPS) is 12.9. The first-order valence-corrected chi connectivity index (χ1v) is 7.46. The molecule has 4 heteroatoms. The van der Waals surface area contributed by atoms with Crippen LogP contribution in [0.3, 0.4) is 0 Å². The molecule has 0 saturated carbocycles. The van der Waals surface area contributed by atoms with Gasteiger partial charge < -0.3 is 10.1 Å². The Kier molecular flexibility index (Phi) is 5.56. The summed E-state index contributed by atoms with van der Waals surface area (Å²) >= 11 is 0. The van der Waals surface area contributed by atoms with Gasteiger partial charge in [0.05, 0.1) is 17.8 Å². The lowest BCUT2D eigenvalue weighted by Gasteiger charge is -2.16. The van der Waals surface area contributed by atoms with Gasteiger partial charge in [-0.25, -0.2) is 0 Å². The van der Waals surface area contributed by atoms with E-state index in [2.05, 4.69) is 48.1 Å². The van der Waals surface area contributed by atoms with Gasteiger partial charge in [0.15, 0.2) is 0 Å². The molecule has 1 aromatic carbocycles. The minimum Gasteiger partial charge on any atom is -0.383 e. The molecule has 4 nitrogen and oxygen atoms in total. The maximum atomic E-state index is 5.27. The summed E-state index contributed by atoms with van der Waals surface area (Å²) in [5.41, 5.74) is 2.34. The van der Waals surface area contributed by atoms with Crippen molar-refractivity contribution in [3.8, 4) is 0 Å². The summed E-state index contributed by atoms with van der Waals surface area (Å²) < 4.78 is 7.34. The van der Waals surface area contributed by atoms with Crippen molar-refractivity contribution in [2.75, 3.05) is 13.7 Å². The fourth-order valence-electron chi connectivity index (χ4n) is 2.60. The van der Waals surface area contributed by atoms with Gasteiger partial charge in [-0.2, -0.15) is 5.10 Å². The summed E-state index contributed by atoms with van der Waals surface area (Å²) in [5, 5.41) is 9.52. The van der Waals surface area contributed by atoms with E-state index < -0.39 is 0 Å². The number of para-hydroxylation sites is 1. The van der Waals surface area contributed by atoms with E-state index in [-0.39, 0.29) is 0 Å². The summed E-state index contributed by atoms with van der Waals surface area (Å²) in [7, 11) is 1.76. The number of aryl methyl sites for hydroxylation is 1. The third-order valence-electron chi connectivity index (χ3n) is 3.60. The summed E-state index contributed by atoms with van der Waals surface area (Å²) in [5.74, 6) is 0. The van der Waals surface area contributed by atoms with Crippen LogP contribution in [-0.2, 0) is 17.8 Å². The molecule has 0 saturated heterocycles. The first-order chi connectivity index (χ1) is 9.80. The van der Waals surface area contributed by atoms with Crippen LogP contribution in [0.1, 0.15) is 32.4 Å². The molecule has 0 radical (unpaired) electrons. The Labute approximate surface area is 121 Å². The monoisotopic (exact) mass is 275 g/mol. The number of rotatable bonds is 8. The van der Waals surface area contributed by atoms with Crippen molar-refractivity contribution < 1.29 is 4.74 Å². The molecule has 1 N–H and O–H groups in total. The molecule has 110 valence electrons. The summed E-state index contributed by atoms with van der Waals surface area (Å²) in [6, 6.07) is 8.82. The van der Waals surface area contributed by atoms with Gasteiger partial charge in [0.25, 0.3) is 0 Å². The van der Waals surface area contributed by atoms with Gasteiger partial charge in [-0.3, -0.25) is 4.68 Å². The van der Waals surface area contributed by atoms with Crippen LogP contribution >= 0.6 is 0 Å². The van der Waals surface area contributed by atoms with E-state index in [0.717, 1.165) is 38.2 Å². The van der Waals surface area contributed by atoms with Crippen molar-refractivity contribution in [2.24, 2.45) is 0 Å². The largest absolute Gasteiger partial charge is 0.383 e. The number of ether oxygens (including phenoxy) is 1. The summed E-state index contributed by atoms with van der Waals surface area (Å²) in [6.45, 7) is 6.77. The highest BCUT2D eigenvalue weighted by atomic mass is 16.5. The Morgan fingerprint density at radius 1 is 1.30 bits per heavy atom. The maximum absolute atomic E-state index is 5.27. The number of fused-ring (bicyclic) bond motifs is 1. The van der Waals surface area contributed by atoms with E-state index >= 15 is 0 Å². The van der Waals surface area contributed by atoms with Crippen molar-refractivity contribution >= 4 is 10.9 Å². The standard InChI is InChI=1S/C16H25N3O/c1-4-8-13(12-20-3)17-11-15-14-9-6-7-10-16(14)19(5-2)18-15/h6-7,9-10,13,17H,4-5,8,11-12H2,1-3H3. The Balaban J connectivity index is 2.12. The predicted molar refractivity (Wildman–Crippen MR) is 82.8 cm³/mol. The zero-order valence-electron chi connectivity index (χ0n) is 12.7. The second-order valence-electron chi connectivity index (χ2n) is 5.10. The van der Waals surface area contributed by atoms with Crippen LogP contribution in [0.4, 0.5) is 0 Å². The van der Waals surface area contributed by atoms with Crippen molar-refractivity contribution in [3.05, 3.63) is 30.0 Å². The smallest absolute Gasteiger partial charge is 0.0841 e. The van der Waals surface area contributed by atoms with Crippen LogP contribution in [-0.4, -0.2) is 29.5 Å². The van der Waals surface area contributed by atoms with Gasteiger partial charge in [-0.05, 0) is 19.4 Å².